The van der Waals surface area contributed by atoms with E-state index in [1.165, 1.54) is 25.8 Å². The van der Waals surface area contributed by atoms with Crippen molar-refractivity contribution in [1.29, 1.82) is 0 Å². The predicted octanol–water partition coefficient (Wildman–Crippen LogP) is 6.47. The van der Waals surface area contributed by atoms with Crippen LogP contribution in [0.15, 0.2) is 49.0 Å². The molecule has 23 heavy (non-hydrogen) atoms. The molecule has 0 aromatic heterocycles. The van der Waals surface area contributed by atoms with E-state index in [2.05, 4.69) is 55.2 Å². The molecule has 3 aromatic rings. The lowest BCUT2D eigenvalue weighted by Crippen LogP contribution is -1.97. The highest BCUT2D eigenvalue weighted by Gasteiger charge is 2.16. The minimum Gasteiger partial charge on any atom is -0.508 e. The van der Waals surface area contributed by atoms with Gasteiger partial charge in [0.1, 0.15) is 5.75 Å². The van der Waals surface area contributed by atoms with Crippen LogP contribution in [-0.4, -0.2) is 5.11 Å². The molecule has 0 bridgehead atoms. The smallest absolute Gasteiger partial charge is 0.116 e. The number of halogens is 1. The molecule has 2 heteroatoms. The Labute approximate surface area is 150 Å². The number of fused-ring (bicyclic) bond motifs is 1. The fraction of sp³-hybridized carbons (Fsp3) is 0.143. The average Bonchev–Trinajstić information content (AvgIpc) is 2.50. The molecule has 0 heterocycles. The fourth-order valence-corrected chi connectivity index (χ4v) is 4.16. The second-order valence-corrected chi connectivity index (χ2v) is 7.19. The van der Waals surface area contributed by atoms with Crippen molar-refractivity contribution >= 4 is 38.9 Å². The highest BCUT2D eigenvalue weighted by molar-refractivity contribution is 14.1. The highest BCUT2D eigenvalue weighted by Crippen LogP contribution is 2.39. The number of benzene rings is 3. The van der Waals surface area contributed by atoms with Gasteiger partial charge in [-0.2, -0.15) is 0 Å². The van der Waals surface area contributed by atoms with Crippen molar-refractivity contribution in [2.75, 3.05) is 0 Å². The molecule has 1 N–H and O–H groups in total. The molecule has 0 atom stereocenters. The van der Waals surface area contributed by atoms with Gasteiger partial charge in [0.15, 0.2) is 0 Å². The predicted molar refractivity (Wildman–Crippen MR) is 108 cm³/mol. The van der Waals surface area contributed by atoms with Gasteiger partial charge in [-0.05, 0) is 100 Å². The van der Waals surface area contributed by atoms with Crippen LogP contribution >= 0.6 is 22.6 Å². The molecule has 0 spiro atoms. The minimum absolute atomic E-state index is 0.301. The lowest BCUT2D eigenvalue weighted by molar-refractivity contribution is 0.476. The zero-order chi connectivity index (χ0) is 16.7. The van der Waals surface area contributed by atoms with Crippen molar-refractivity contribution in [2.24, 2.45) is 0 Å². The van der Waals surface area contributed by atoms with Crippen LogP contribution in [0.25, 0.3) is 27.5 Å². The molecule has 0 fully saturated rings. The molecule has 0 aliphatic carbocycles. The largest absolute Gasteiger partial charge is 0.508 e. The van der Waals surface area contributed by atoms with E-state index in [0.29, 0.717) is 5.75 Å². The van der Waals surface area contributed by atoms with Crippen LogP contribution in [-0.2, 0) is 0 Å². The van der Waals surface area contributed by atoms with E-state index < -0.39 is 0 Å². The Hall–Kier alpha value is -1.81. The molecule has 0 radical (unpaired) electrons. The van der Waals surface area contributed by atoms with Gasteiger partial charge in [-0.15, -0.1) is 0 Å². The monoisotopic (exact) mass is 414 g/mol. The summed E-state index contributed by atoms with van der Waals surface area (Å²) in [6.45, 7) is 10.4. The molecule has 1 nitrogen and oxygen atoms in total. The Bertz CT molecular complexity index is 938. The maximum Gasteiger partial charge on any atom is 0.116 e. The lowest BCUT2D eigenvalue weighted by atomic mass is 9.89. The summed E-state index contributed by atoms with van der Waals surface area (Å²) in [4.78, 5) is 0. The van der Waals surface area contributed by atoms with Crippen LogP contribution in [0.1, 0.15) is 23.6 Å². The third-order valence-electron chi connectivity index (χ3n) is 4.43. The van der Waals surface area contributed by atoms with Gasteiger partial charge in [0.25, 0.3) is 0 Å². The normalized spacial score (nSPS) is 11.0. The van der Waals surface area contributed by atoms with Crippen LogP contribution in [0.3, 0.4) is 0 Å². The SMILES string of the molecule is C=C(C)c1cc(I)c(-c2cc(O)cc3ccccc23)c(C)c1C. The number of allylic oxidation sites excluding steroid dienone is 1. The molecular weight excluding hydrogens is 395 g/mol. The quantitative estimate of drug-likeness (QED) is 0.477. The molecule has 0 aliphatic heterocycles. The average molecular weight is 414 g/mol. The van der Waals surface area contributed by atoms with Crippen LogP contribution in [0, 0.1) is 17.4 Å². The van der Waals surface area contributed by atoms with E-state index in [1.807, 2.05) is 37.3 Å². The summed E-state index contributed by atoms with van der Waals surface area (Å²) >= 11 is 2.39. The van der Waals surface area contributed by atoms with E-state index >= 15 is 0 Å². The van der Waals surface area contributed by atoms with E-state index in [-0.39, 0.29) is 0 Å². The molecule has 3 aromatic carbocycles. The summed E-state index contributed by atoms with van der Waals surface area (Å²) in [5.41, 5.74) is 7.06. The lowest BCUT2D eigenvalue weighted by Gasteiger charge is -2.18. The zero-order valence-electron chi connectivity index (χ0n) is 13.6. The number of rotatable bonds is 2. The van der Waals surface area contributed by atoms with Gasteiger partial charge >= 0.3 is 0 Å². The standard InChI is InChI=1S/C21H19IO/c1-12(2)18-11-20(22)21(14(4)13(18)3)19-10-16(23)9-15-7-5-6-8-17(15)19/h5-11,23H,1H2,2-4H3. The first-order valence-electron chi connectivity index (χ1n) is 7.58. The Morgan fingerprint density at radius 2 is 1.74 bits per heavy atom. The summed E-state index contributed by atoms with van der Waals surface area (Å²) in [5, 5.41) is 12.4. The van der Waals surface area contributed by atoms with Crippen molar-refractivity contribution in [1.82, 2.24) is 0 Å². The number of hydrogen-bond acceptors (Lipinski definition) is 1. The van der Waals surface area contributed by atoms with Crippen LogP contribution in [0.4, 0.5) is 0 Å². The van der Waals surface area contributed by atoms with Crippen molar-refractivity contribution in [3.63, 3.8) is 0 Å². The molecule has 0 unspecified atom stereocenters. The van der Waals surface area contributed by atoms with Crippen molar-refractivity contribution < 1.29 is 5.11 Å². The van der Waals surface area contributed by atoms with E-state index in [9.17, 15) is 5.11 Å². The van der Waals surface area contributed by atoms with Crippen molar-refractivity contribution in [3.8, 4) is 16.9 Å². The zero-order valence-corrected chi connectivity index (χ0v) is 15.7. The Balaban J connectivity index is 2.41. The first-order valence-corrected chi connectivity index (χ1v) is 8.65. The number of phenols is 1. The van der Waals surface area contributed by atoms with Gasteiger partial charge in [-0.1, -0.05) is 36.4 Å². The van der Waals surface area contributed by atoms with Gasteiger partial charge in [0.2, 0.25) is 0 Å². The Morgan fingerprint density at radius 1 is 1.04 bits per heavy atom. The van der Waals surface area contributed by atoms with Gasteiger partial charge < -0.3 is 5.11 Å². The summed E-state index contributed by atoms with van der Waals surface area (Å²) < 4.78 is 1.18. The maximum atomic E-state index is 10.1. The van der Waals surface area contributed by atoms with Crippen molar-refractivity contribution in [3.05, 3.63) is 69.3 Å². The first kappa shape index (κ1) is 16.1. The second kappa shape index (κ2) is 6.00. The summed E-state index contributed by atoms with van der Waals surface area (Å²) in [6, 6.07) is 14.1. The van der Waals surface area contributed by atoms with Gasteiger partial charge in [0.05, 0.1) is 0 Å². The first-order chi connectivity index (χ1) is 10.9. The van der Waals surface area contributed by atoms with Crippen LogP contribution in [0.5, 0.6) is 5.75 Å². The summed E-state index contributed by atoms with van der Waals surface area (Å²) in [5.74, 6) is 0.301. The Kier molecular flexibility index (Phi) is 4.19. The second-order valence-electron chi connectivity index (χ2n) is 6.03. The minimum atomic E-state index is 0.301. The molecule has 3 rings (SSSR count). The number of hydrogen-bond donors (Lipinski definition) is 1. The summed E-state index contributed by atoms with van der Waals surface area (Å²) in [7, 11) is 0. The van der Waals surface area contributed by atoms with Gasteiger partial charge in [-0.3, -0.25) is 0 Å². The van der Waals surface area contributed by atoms with Gasteiger partial charge in [0, 0.05) is 3.57 Å². The van der Waals surface area contributed by atoms with E-state index in [1.54, 1.807) is 0 Å². The molecule has 0 amide bonds. The highest BCUT2D eigenvalue weighted by atomic mass is 127. The number of phenolic OH excluding ortho intramolecular Hbond substituents is 1. The summed E-state index contributed by atoms with van der Waals surface area (Å²) in [6.07, 6.45) is 0. The third kappa shape index (κ3) is 2.76. The number of aromatic hydroxyl groups is 1. The maximum absolute atomic E-state index is 10.1. The molecule has 116 valence electrons. The molecule has 0 saturated carbocycles. The Morgan fingerprint density at radius 3 is 2.43 bits per heavy atom. The van der Waals surface area contributed by atoms with E-state index in [0.717, 1.165) is 21.9 Å². The third-order valence-corrected chi connectivity index (χ3v) is 5.28. The molecule has 0 saturated heterocycles. The molecular formula is C21H19IO. The van der Waals surface area contributed by atoms with E-state index in [4.69, 9.17) is 0 Å². The van der Waals surface area contributed by atoms with Crippen LogP contribution < -0.4 is 0 Å². The van der Waals surface area contributed by atoms with Crippen LogP contribution in [0.2, 0.25) is 0 Å². The van der Waals surface area contributed by atoms with Crippen molar-refractivity contribution in [2.45, 2.75) is 20.8 Å². The fourth-order valence-electron chi connectivity index (χ4n) is 3.15. The van der Waals surface area contributed by atoms with Gasteiger partial charge in [-0.25, -0.2) is 0 Å². The molecule has 0 aliphatic rings. The topological polar surface area (TPSA) is 20.2 Å².